The zero-order valence-corrected chi connectivity index (χ0v) is 7.95. The standard InChI is InChI=1S/C11H14O2/c1-7-5-10-4-3-9(8(2)12)6-11(10)13-7/h3-4,6-8,12H,5H2,1-2H3/t7-,8?/m0/s1. The molecule has 0 saturated heterocycles. The summed E-state index contributed by atoms with van der Waals surface area (Å²) in [7, 11) is 0. The summed E-state index contributed by atoms with van der Waals surface area (Å²) in [5.74, 6) is 0.936. The van der Waals surface area contributed by atoms with Crippen molar-refractivity contribution in [3.05, 3.63) is 29.3 Å². The predicted octanol–water partition coefficient (Wildman–Crippen LogP) is 2.06. The van der Waals surface area contributed by atoms with E-state index in [9.17, 15) is 5.11 Å². The van der Waals surface area contributed by atoms with Crippen LogP contribution in [-0.4, -0.2) is 11.2 Å². The average molecular weight is 178 g/mol. The molecule has 1 heterocycles. The van der Waals surface area contributed by atoms with Gasteiger partial charge < -0.3 is 9.84 Å². The second kappa shape index (κ2) is 3.04. The van der Waals surface area contributed by atoms with Crippen molar-refractivity contribution >= 4 is 0 Å². The van der Waals surface area contributed by atoms with Crippen LogP contribution < -0.4 is 4.74 Å². The zero-order chi connectivity index (χ0) is 9.42. The van der Waals surface area contributed by atoms with Gasteiger partial charge in [0.2, 0.25) is 0 Å². The third kappa shape index (κ3) is 1.54. The summed E-state index contributed by atoms with van der Waals surface area (Å²) in [6, 6.07) is 5.94. The third-order valence-corrected chi connectivity index (χ3v) is 2.41. The van der Waals surface area contributed by atoms with Gasteiger partial charge in [0.15, 0.2) is 0 Å². The van der Waals surface area contributed by atoms with E-state index in [2.05, 4.69) is 6.92 Å². The first-order chi connectivity index (χ1) is 6.16. The van der Waals surface area contributed by atoms with Gasteiger partial charge in [0, 0.05) is 6.42 Å². The first-order valence-electron chi connectivity index (χ1n) is 4.64. The van der Waals surface area contributed by atoms with Gasteiger partial charge in [-0.2, -0.15) is 0 Å². The van der Waals surface area contributed by atoms with Crippen molar-refractivity contribution in [3.8, 4) is 5.75 Å². The molecule has 0 fully saturated rings. The van der Waals surface area contributed by atoms with E-state index in [0.29, 0.717) is 0 Å². The molecule has 2 nitrogen and oxygen atoms in total. The van der Waals surface area contributed by atoms with Crippen LogP contribution in [0, 0.1) is 0 Å². The van der Waals surface area contributed by atoms with Crippen LogP contribution in [0.4, 0.5) is 0 Å². The molecular weight excluding hydrogens is 164 g/mol. The minimum atomic E-state index is -0.412. The van der Waals surface area contributed by atoms with Gasteiger partial charge in [-0.25, -0.2) is 0 Å². The van der Waals surface area contributed by atoms with Crippen molar-refractivity contribution in [2.45, 2.75) is 32.5 Å². The van der Waals surface area contributed by atoms with Crippen molar-refractivity contribution in [2.75, 3.05) is 0 Å². The summed E-state index contributed by atoms with van der Waals surface area (Å²) in [4.78, 5) is 0. The number of aliphatic hydroxyl groups is 1. The lowest BCUT2D eigenvalue weighted by atomic mass is 10.1. The molecule has 2 rings (SSSR count). The second-order valence-corrected chi connectivity index (χ2v) is 3.68. The molecule has 0 amide bonds. The van der Waals surface area contributed by atoms with Crippen molar-refractivity contribution in [1.29, 1.82) is 0 Å². The first-order valence-corrected chi connectivity index (χ1v) is 4.64. The summed E-state index contributed by atoms with van der Waals surface area (Å²) in [6.45, 7) is 3.82. The fourth-order valence-electron chi connectivity index (χ4n) is 1.68. The van der Waals surface area contributed by atoms with Gasteiger partial charge in [0.25, 0.3) is 0 Å². The maximum atomic E-state index is 9.37. The summed E-state index contributed by atoms with van der Waals surface area (Å²) in [5.41, 5.74) is 2.17. The summed E-state index contributed by atoms with van der Waals surface area (Å²) in [6.07, 6.45) is 0.846. The van der Waals surface area contributed by atoms with E-state index in [1.807, 2.05) is 18.2 Å². The predicted molar refractivity (Wildman–Crippen MR) is 50.9 cm³/mol. The molecule has 0 aliphatic carbocycles. The number of ether oxygens (including phenoxy) is 1. The molecule has 0 spiro atoms. The summed E-state index contributed by atoms with van der Waals surface area (Å²) in [5, 5.41) is 9.37. The molecule has 1 unspecified atom stereocenters. The highest BCUT2D eigenvalue weighted by Gasteiger charge is 2.19. The maximum Gasteiger partial charge on any atom is 0.123 e. The van der Waals surface area contributed by atoms with Crippen LogP contribution in [-0.2, 0) is 6.42 Å². The topological polar surface area (TPSA) is 29.5 Å². The van der Waals surface area contributed by atoms with E-state index < -0.39 is 6.10 Å². The largest absolute Gasteiger partial charge is 0.490 e. The molecule has 0 radical (unpaired) electrons. The molecular formula is C11H14O2. The van der Waals surface area contributed by atoms with E-state index in [1.165, 1.54) is 5.56 Å². The first kappa shape index (κ1) is 8.57. The molecule has 0 aromatic heterocycles. The number of hydrogen-bond donors (Lipinski definition) is 1. The van der Waals surface area contributed by atoms with Crippen LogP contribution in [0.5, 0.6) is 5.75 Å². The molecule has 0 saturated carbocycles. The van der Waals surface area contributed by atoms with Crippen molar-refractivity contribution < 1.29 is 9.84 Å². The Morgan fingerprint density at radius 1 is 1.54 bits per heavy atom. The molecule has 70 valence electrons. The average Bonchev–Trinajstić information content (AvgIpc) is 2.42. The molecule has 1 aliphatic rings. The molecule has 0 bridgehead atoms. The van der Waals surface area contributed by atoms with Gasteiger partial charge in [-0.3, -0.25) is 0 Å². The Hall–Kier alpha value is -1.02. The van der Waals surface area contributed by atoms with Crippen molar-refractivity contribution in [1.82, 2.24) is 0 Å². The number of rotatable bonds is 1. The van der Waals surface area contributed by atoms with E-state index >= 15 is 0 Å². The smallest absolute Gasteiger partial charge is 0.123 e. The highest BCUT2D eigenvalue weighted by molar-refractivity contribution is 5.41. The molecule has 1 aromatic carbocycles. The molecule has 13 heavy (non-hydrogen) atoms. The Balaban J connectivity index is 2.35. The van der Waals surface area contributed by atoms with E-state index in [0.717, 1.165) is 17.7 Å². The van der Waals surface area contributed by atoms with Gasteiger partial charge in [-0.15, -0.1) is 0 Å². The molecule has 2 atom stereocenters. The monoisotopic (exact) mass is 178 g/mol. The highest BCUT2D eigenvalue weighted by atomic mass is 16.5. The lowest BCUT2D eigenvalue weighted by Gasteiger charge is -2.07. The van der Waals surface area contributed by atoms with Gasteiger partial charge in [-0.1, -0.05) is 12.1 Å². The number of aliphatic hydroxyl groups excluding tert-OH is 1. The quantitative estimate of drug-likeness (QED) is 0.713. The highest BCUT2D eigenvalue weighted by Crippen LogP contribution is 2.31. The third-order valence-electron chi connectivity index (χ3n) is 2.41. The minimum absolute atomic E-state index is 0.277. The van der Waals surface area contributed by atoms with Gasteiger partial charge in [0.05, 0.1) is 6.10 Å². The lowest BCUT2D eigenvalue weighted by Crippen LogP contribution is -2.05. The number of fused-ring (bicyclic) bond motifs is 1. The fourth-order valence-corrected chi connectivity index (χ4v) is 1.68. The van der Waals surface area contributed by atoms with Gasteiger partial charge in [-0.05, 0) is 31.0 Å². The zero-order valence-electron chi connectivity index (χ0n) is 7.95. The Kier molecular flexibility index (Phi) is 2.00. The van der Waals surface area contributed by atoms with E-state index in [-0.39, 0.29) is 6.10 Å². The van der Waals surface area contributed by atoms with E-state index in [1.54, 1.807) is 6.92 Å². The molecule has 2 heteroatoms. The van der Waals surface area contributed by atoms with Crippen LogP contribution >= 0.6 is 0 Å². The SMILES string of the molecule is CC(O)c1ccc2c(c1)O[C@@H](C)C2. The van der Waals surface area contributed by atoms with Crippen molar-refractivity contribution in [3.63, 3.8) is 0 Å². The van der Waals surface area contributed by atoms with Crippen LogP contribution in [0.25, 0.3) is 0 Å². The minimum Gasteiger partial charge on any atom is -0.490 e. The van der Waals surface area contributed by atoms with E-state index in [4.69, 9.17) is 4.74 Å². The Bertz CT molecular complexity index is 318. The maximum absolute atomic E-state index is 9.37. The van der Waals surface area contributed by atoms with Crippen LogP contribution in [0.2, 0.25) is 0 Å². The lowest BCUT2D eigenvalue weighted by molar-refractivity contribution is 0.198. The molecule has 1 aromatic rings. The molecule has 1 aliphatic heterocycles. The Morgan fingerprint density at radius 3 is 3.00 bits per heavy atom. The van der Waals surface area contributed by atoms with Crippen LogP contribution in [0.3, 0.4) is 0 Å². The summed E-state index contributed by atoms with van der Waals surface area (Å²) < 4.78 is 5.59. The number of hydrogen-bond acceptors (Lipinski definition) is 2. The van der Waals surface area contributed by atoms with Gasteiger partial charge in [0.1, 0.15) is 11.9 Å². The Labute approximate surface area is 78.2 Å². The number of benzene rings is 1. The van der Waals surface area contributed by atoms with Crippen LogP contribution in [0.1, 0.15) is 31.1 Å². The van der Waals surface area contributed by atoms with Gasteiger partial charge >= 0.3 is 0 Å². The summed E-state index contributed by atoms with van der Waals surface area (Å²) >= 11 is 0. The molecule has 1 N–H and O–H groups in total. The van der Waals surface area contributed by atoms with Crippen molar-refractivity contribution in [2.24, 2.45) is 0 Å². The normalized spacial score (nSPS) is 22.2. The second-order valence-electron chi connectivity index (χ2n) is 3.68. The van der Waals surface area contributed by atoms with Crippen LogP contribution in [0.15, 0.2) is 18.2 Å². The fraction of sp³-hybridized carbons (Fsp3) is 0.455. The Morgan fingerprint density at radius 2 is 2.31 bits per heavy atom.